The molecule has 9 heteroatoms. The van der Waals surface area contributed by atoms with Crippen LogP contribution >= 0.6 is 0 Å². The number of carboxylic acid groups (broad SMARTS) is 1. The van der Waals surface area contributed by atoms with Crippen molar-refractivity contribution in [3.05, 3.63) is 94.8 Å². The monoisotopic (exact) mass is 563 g/mol. The zero-order valence-electron chi connectivity index (χ0n) is 23.5. The Hall–Kier alpha value is -3.79. The molecule has 1 aliphatic heterocycles. The minimum Gasteiger partial charge on any atom is -0.465 e. The highest BCUT2D eigenvalue weighted by Crippen LogP contribution is 2.41. The van der Waals surface area contributed by atoms with Crippen LogP contribution in [0.2, 0.25) is 0 Å². The lowest BCUT2D eigenvalue weighted by Gasteiger charge is -2.43. The predicted octanol–water partition coefficient (Wildman–Crippen LogP) is 4.55. The van der Waals surface area contributed by atoms with E-state index in [1.807, 2.05) is 50.4 Å². The molecule has 3 aromatic rings. The Kier molecular flexibility index (Phi) is 10.1. The largest absolute Gasteiger partial charge is 0.465 e. The van der Waals surface area contributed by atoms with Crippen LogP contribution in [0.1, 0.15) is 46.8 Å². The van der Waals surface area contributed by atoms with Gasteiger partial charge < -0.3 is 30.5 Å². The molecule has 41 heavy (non-hydrogen) atoms. The van der Waals surface area contributed by atoms with E-state index in [1.165, 1.54) is 6.07 Å². The first-order chi connectivity index (χ1) is 19.8. The molecule has 1 aliphatic rings. The molecule has 2 atom stereocenters. The minimum atomic E-state index is -1.71. The van der Waals surface area contributed by atoms with Crippen LogP contribution in [-0.2, 0) is 23.3 Å². The van der Waals surface area contributed by atoms with Crippen molar-refractivity contribution < 1.29 is 28.9 Å². The predicted molar refractivity (Wildman–Crippen MR) is 155 cm³/mol. The number of hydrogen-bond acceptors (Lipinski definition) is 5. The SMILES string of the molecule is CCc1cccc(-c2c(F)cccc2C(O)(CCCNC(=O)O)C2CN(C(=O)c3ccc(CNC)cc3)CCO2)c1. The number of morpholine rings is 1. The molecule has 0 radical (unpaired) electrons. The normalized spacial score (nSPS) is 16.7. The molecule has 218 valence electrons. The summed E-state index contributed by atoms with van der Waals surface area (Å²) in [6, 6.07) is 19.5. The van der Waals surface area contributed by atoms with Crippen molar-refractivity contribution in [1.82, 2.24) is 15.5 Å². The number of aliphatic hydroxyl groups is 1. The van der Waals surface area contributed by atoms with Gasteiger partial charge in [-0.1, -0.05) is 55.5 Å². The second kappa shape index (κ2) is 13.7. The molecule has 0 aromatic heterocycles. The lowest BCUT2D eigenvalue weighted by Crippen LogP contribution is -2.54. The number of carbonyl (C=O) groups is 2. The fourth-order valence-electron chi connectivity index (χ4n) is 5.42. The van der Waals surface area contributed by atoms with Gasteiger partial charge >= 0.3 is 6.09 Å². The van der Waals surface area contributed by atoms with E-state index >= 15 is 4.39 Å². The van der Waals surface area contributed by atoms with E-state index in [-0.39, 0.29) is 44.0 Å². The van der Waals surface area contributed by atoms with Gasteiger partial charge in [-0.2, -0.15) is 0 Å². The summed E-state index contributed by atoms with van der Waals surface area (Å²) >= 11 is 0. The summed E-state index contributed by atoms with van der Waals surface area (Å²) in [6.07, 6.45) is -0.912. The second-order valence-corrected chi connectivity index (χ2v) is 10.3. The van der Waals surface area contributed by atoms with E-state index in [0.717, 1.165) is 17.5 Å². The van der Waals surface area contributed by atoms with Gasteiger partial charge in [-0.25, -0.2) is 9.18 Å². The highest BCUT2D eigenvalue weighted by atomic mass is 19.1. The van der Waals surface area contributed by atoms with Crippen molar-refractivity contribution in [2.24, 2.45) is 0 Å². The van der Waals surface area contributed by atoms with Gasteiger partial charge in [0.1, 0.15) is 17.5 Å². The lowest BCUT2D eigenvalue weighted by atomic mass is 9.79. The number of benzene rings is 3. The standard InChI is InChI=1S/C32H38FN3O5/c1-3-22-7-4-8-25(19-22)29-26(9-5-10-27(29)33)32(40,15-6-16-35-31(38)39)28-21-36(17-18-41-28)30(37)24-13-11-23(12-14-24)20-34-2/h4-5,7-14,19,28,34-35,40H,3,6,15-18,20-21H2,1-2H3,(H,38,39). The molecule has 4 N–H and O–H groups in total. The van der Waals surface area contributed by atoms with Gasteiger partial charge in [0.25, 0.3) is 5.91 Å². The zero-order valence-corrected chi connectivity index (χ0v) is 23.5. The Labute approximate surface area is 240 Å². The van der Waals surface area contributed by atoms with Crippen LogP contribution in [0.25, 0.3) is 11.1 Å². The molecule has 0 saturated carbocycles. The minimum absolute atomic E-state index is 0.0859. The first-order valence-electron chi connectivity index (χ1n) is 14.0. The Morgan fingerprint density at radius 2 is 1.85 bits per heavy atom. The lowest BCUT2D eigenvalue weighted by molar-refractivity contribution is -0.146. The Morgan fingerprint density at radius 1 is 1.10 bits per heavy atom. The van der Waals surface area contributed by atoms with Crippen LogP contribution < -0.4 is 10.6 Å². The number of aryl methyl sites for hydroxylation is 1. The Morgan fingerprint density at radius 3 is 2.56 bits per heavy atom. The molecule has 4 rings (SSSR count). The molecule has 3 aromatic carbocycles. The van der Waals surface area contributed by atoms with Crippen LogP contribution in [0.4, 0.5) is 9.18 Å². The summed E-state index contributed by atoms with van der Waals surface area (Å²) in [7, 11) is 1.86. The number of nitrogens with one attached hydrogen (secondary N) is 2. The number of nitrogens with zero attached hydrogens (tertiary/aromatic N) is 1. The van der Waals surface area contributed by atoms with E-state index < -0.39 is 23.6 Å². The zero-order chi connectivity index (χ0) is 29.4. The van der Waals surface area contributed by atoms with E-state index in [4.69, 9.17) is 9.84 Å². The maximum atomic E-state index is 15.6. The number of carbonyl (C=O) groups excluding carboxylic acids is 1. The molecule has 1 saturated heterocycles. The van der Waals surface area contributed by atoms with Gasteiger partial charge in [0.2, 0.25) is 0 Å². The highest BCUT2D eigenvalue weighted by molar-refractivity contribution is 5.94. The molecule has 0 spiro atoms. The molecule has 0 aliphatic carbocycles. The van der Waals surface area contributed by atoms with Gasteiger partial charge in [-0.3, -0.25) is 4.79 Å². The summed E-state index contributed by atoms with van der Waals surface area (Å²) in [5, 5.41) is 26.9. The van der Waals surface area contributed by atoms with Crippen LogP contribution in [0.3, 0.4) is 0 Å². The van der Waals surface area contributed by atoms with Gasteiger partial charge in [0.05, 0.1) is 13.2 Å². The summed E-state index contributed by atoms with van der Waals surface area (Å²) in [6.45, 7) is 3.43. The quantitative estimate of drug-likeness (QED) is 0.255. The van der Waals surface area contributed by atoms with Crippen LogP contribution in [-0.4, -0.2) is 66.5 Å². The third-order valence-electron chi connectivity index (χ3n) is 7.58. The first kappa shape index (κ1) is 30.2. The average molecular weight is 564 g/mol. The maximum absolute atomic E-state index is 15.6. The summed E-state index contributed by atoms with van der Waals surface area (Å²) < 4.78 is 21.7. The van der Waals surface area contributed by atoms with E-state index in [9.17, 15) is 14.7 Å². The van der Waals surface area contributed by atoms with Gasteiger partial charge in [-0.15, -0.1) is 0 Å². The second-order valence-electron chi connectivity index (χ2n) is 10.3. The number of hydrogen-bond donors (Lipinski definition) is 4. The molecular weight excluding hydrogens is 525 g/mol. The number of halogens is 1. The summed E-state index contributed by atoms with van der Waals surface area (Å²) in [4.78, 5) is 26.2. The fourth-order valence-corrected chi connectivity index (χ4v) is 5.42. The van der Waals surface area contributed by atoms with Gasteiger partial charge in [-0.05, 0) is 66.8 Å². The third-order valence-corrected chi connectivity index (χ3v) is 7.58. The van der Waals surface area contributed by atoms with Crippen molar-refractivity contribution >= 4 is 12.0 Å². The van der Waals surface area contributed by atoms with Gasteiger partial charge in [0.15, 0.2) is 0 Å². The first-order valence-corrected chi connectivity index (χ1v) is 14.0. The molecule has 1 fully saturated rings. The average Bonchev–Trinajstić information content (AvgIpc) is 2.99. The summed E-state index contributed by atoms with van der Waals surface area (Å²) in [5.74, 6) is -0.664. The van der Waals surface area contributed by atoms with Crippen molar-refractivity contribution in [1.29, 1.82) is 0 Å². The Bertz CT molecular complexity index is 1350. The smallest absolute Gasteiger partial charge is 0.404 e. The van der Waals surface area contributed by atoms with E-state index in [1.54, 1.807) is 29.2 Å². The number of amides is 2. The molecule has 2 unspecified atom stereocenters. The van der Waals surface area contributed by atoms with Crippen molar-refractivity contribution in [2.45, 2.75) is 44.4 Å². The molecular formula is C32H38FN3O5. The maximum Gasteiger partial charge on any atom is 0.404 e. The third kappa shape index (κ3) is 7.11. The van der Waals surface area contributed by atoms with Crippen LogP contribution in [0, 0.1) is 5.82 Å². The van der Waals surface area contributed by atoms with Crippen LogP contribution in [0.15, 0.2) is 66.7 Å². The summed E-state index contributed by atoms with van der Waals surface area (Å²) in [5.41, 5.74) is 2.14. The molecule has 8 nitrogen and oxygen atoms in total. The van der Waals surface area contributed by atoms with Crippen molar-refractivity contribution in [3.63, 3.8) is 0 Å². The number of rotatable bonds is 11. The number of ether oxygens (including phenoxy) is 1. The fraction of sp³-hybridized carbons (Fsp3) is 0.375. The molecule has 2 amide bonds. The van der Waals surface area contributed by atoms with Gasteiger partial charge in [0, 0.05) is 30.8 Å². The Balaban J connectivity index is 1.69. The topological polar surface area (TPSA) is 111 Å². The van der Waals surface area contributed by atoms with Crippen molar-refractivity contribution in [2.75, 3.05) is 33.3 Å². The van der Waals surface area contributed by atoms with E-state index in [2.05, 4.69) is 10.6 Å². The molecule has 0 bridgehead atoms. The van der Waals surface area contributed by atoms with E-state index in [0.29, 0.717) is 29.8 Å². The molecule has 1 heterocycles. The highest BCUT2D eigenvalue weighted by Gasteiger charge is 2.44. The van der Waals surface area contributed by atoms with Crippen LogP contribution in [0.5, 0.6) is 0 Å². The van der Waals surface area contributed by atoms with Crippen molar-refractivity contribution in [3.8, 4) is 11.1 Å².